The van der Waals surface area contributed by atoms with E-state index in [-0.39, 0.29) is 5.60 Å². The maximum atomic E-state index is 6.38. The fourth-order valence-electron chi connectivity index (χ4n) is 3.33. The molecule has 2 aliphatic rings. The van der Waals surface area contributed by atoms with Gasteiger partial charge < -0.3 is 10.1 Å². The van der Waals surface area contributed by atoms with Gasteiger partial charge in [0.1, 0.15) is 0 Å². The van der Waals surface area contributed by atoms with E-state index in [2.05, 4.69) is 18.5 Å². The van der Waals surface area contributed by atoms with E-state index in [4.69, 9.17) is 4.74 Å². The average Bonchev–Trinajstić information content (AvgIpc) is 2.78. The van der Waals surface area contributed by atoms with Crippen LogP contribution in [-0.4, -0.2) is 36.3 Å². The largest absolute Gasteiger partial charge is 0.370 e. The summed E-state index contributed by atoms with van der Waals surface area (Å²) < 4.78 is 6.38. The molecule has 18 heavy (non-hydrogen) atoms. The van der Waals surface area contributed by atoms with Crippen LogP contribution >= 0.6 is 11.8 Å². The molecule has 0 aromatic heterocycles. The Morgan fingerprint density at radius 1 is 1.28 bits per heavy atom. The summed E-state index contributed by atoms with van der Waals surface area (Å²) in [6.45, 7) is 3.35. The molecule has 1 spiro atoms. The lowest BCUT2D eigenvalue weighted by molar-refractivity contribution is -0.0628. The van der Waals surface area contributed by atoms with Gasteiger partial charge in [-0.15, -0.1) is 0 Å². The molecule has 1 aliphatic heterocycles. The molecule has 1 saturated heterocycles. The number of rotatable bonds is 6. The fourth-order valence-corrected chi connectivity index (χ4v) is 3.92. The van der Waals surface area contributed by atoms with Gasteiger partial charge in [0.25, 0.3) is 0 Å². The first-order valence-corrected chi connectivity index (χ1v) is 9.04. The Morgan fingerprint density at radius 3 is 2.78 bits per heavy atom. The lowest BCUT2D eigenvalue weighted by Gasteiger charge is -2.33. The van der Waals surface area contributed by atoms with Gasteiger partial charge in [0, 0.05) is 12.6 Å². The first-order valence-electron chi connectivity index (χ1n) is 7.64. The first kappa shape index (κ1) is 14.7. The van der Waals surface area contributed by atoms with Gasteiger partial charge in [-0.1, -0.05) is 19.3 Å². The Bertz CT molecular complexity index is 241. The molecule has 2 atom stereocenters. The van der Waals surface area contributed by atoms with Crippen molar-refractivity contribution in [3.05, 3.63) is 0 Å². The summed E-state index contributed by atoms with van der Waals surface area (Å²) in [5, 5.41) is 3.64. The van der Waals surface area contributed by atoms with E-state index < -0.39 is 0 Å². The molecule has 1 saturated carbocycles. The number of ether oxygens (including phenoxy) is 1. The molecule has 2 rings (SSSR count). The molecule has 1 heterocycles. The maximum Gasteiger partial charge on any atom is 0.0708 e. The normalized spacial score (nSPS) is 28.7. The molecule has 0 aromatic carbocycles. The van der Waals surface area contributed by atoms with Gasteiger partial charge in [-0.2, -0.15) is 11.8 Å². The van der Waals surface area contributed by atoms with Crippen molar-refractivity contribution in [2.75, 3.05) is 18.6 Å². The molecule has 0 radical (unpaired) electrons. The molecule has 0 bridgehead atoms. The van der Waals surface area contributed by atoms with Gasteiger partial charge >= 0.3 is 0 Å². The molecule has 1 N–H and O–H groups in total. The van der Waals surface area contributed by atoms with Crippen molar-refractivity contribution in [2.45, 2.75) is 76.0 Å². The second-order valence-electron chi connectivity index (χ2n) is 6.11. The van der Waals surface area contributed by atoms with Crippen LogP contribution in [0.5, 0.6) is 0 Å². The minimum Gasteiger partial charge on any atom is -0.370 e. The molecular weight excluding hydrogens is 242 g/mol. The van der Waals surface area contributed by atoms with Gasteiger partial charge in [0.15, 0.2) is 0 Å². The van der Waals surface area contributed by atoms with Crippen LogP contribution < -0.4 is 5.32 Å². The van der Waals surface area contributed by atoms with E-state index in [9.17, 15) is 0 Å². The topological polar surface area (TPSA) is 21.3 Å². The first-order chi connectivity index (χ1) is 8.74. The van der Waals surface area contributed by atoms with Gasteiger partial charge in [-0.3, -0.25) is 0 Å². The summed E-state index contributed by atoms with van der Waals surface area (Å²) in [4.78, 5) is 0. The Balaban J connectivity index is 1.66. The summed E-state index contributed by atoms with van der Waals surface area (Å²) in [5.74, 6) is 1.25. The summed E-state index contributed by atoms with van der Waals surface area (Å²) >= 11 is 1.93. The van der Waals surface area contributed by atoms with Crippen molar-refractivity contribution in [2.24, 2.45) is 0 Å². The SMILES string of the molecule is CSCCC(C)NCC1CCC2(CCCCC2)O1. The summed E-state index contributed by atoms with van der Waals surface area (Å²) in [5.41, 5.74) is 0.285. The van der Waals surface area contributed by atoms with Crippen LogP contribution in [0, 0.1) is 0 Å². The van der Waals surface area contributed by atoms with Crippen LogP contribution in [0.25, 0.3) is 0 Å². The molecule has 2 fully saturated rings. The van der Waals surface area contributed by atoms with Crippen molar-refractivity contribution in [3.63, 3.8) is 0 Å². The van der Waals surface area contributed by atoms with Crippen LogP contribution in [0.15, 0.2) is 0 Å². The zero-order chi connectivity index (χ0) is 12.8. The predicted octanol–water partition coefficient (Wildman–Crippen LogP) is 3.60. The number of hydrogen-bond donors (Lipinski definition) is 1. The third-order valence-electron chi connectivity index (χ3n) is 4.55. The van der Waals surface area contributed by atoms with Crippen molar-refractivity contribution in [1.82, 2.24) is 5.32 Å². The lowest BCUT2D eigenvalue weighted by Crippen LogP contribution is -2.37. The minimum atomic E-state index is 0.285. The van der Waals surface area contributed by atoms with Crippen LogP contribution in [0.2, 0.25) is 0 Å². The smallest absolute Gasteiger partial charge is 0.0708 e. The highest BCUT2D eigenvalue weighted by atomic mass is 32.2. The summed E-state index contributed by atoms with van der Waals surface area (Å²) in [6.07, 6.45) is 13.3. The predicted molar refractivity (Wildman–Crippen MR) is 80.4 cm³/mol. The molecule has 106 valence electrons. The van der Waals surface area contributed by atoms with Crippen LogP contribution in [-0.2, 0) is 4.74 Å². The van der Waals surface area contributed by atoms with E-state index in [1.165, 1.54) is 57.1 Å². The Labute approximate surface area is 117 Å². The highest BCUT2D eigenvalue weighted by Gasteiger charge is 2.40. The Morgan fingerprint density at radius 2 is 2.06 bits per heavy atom. The lowest BCUT2D eigenvalue weighted by atomic mass is 9.83. The molecule has 3 heteroatoms. The van der Waals surface area contributed by atoms with Crippen molar-refractivity contribution in [1.29, 1.82) is 0 Å². The molecule has 0 amide bonds. The second-order valence-corrected chi connectivity index (χ2v) is 7.10. The van der Waals surface area contributed by atoms with E-state index in [0.29, 0.717) is 12.1 Å². The zero-order valence-corrected chi connectivity index (χ0v) is 12.9. The molecule has 0 aromatic rings. The Hall–Kier alpha value is 0.270. The molecular formula is C15H29NOS. The fraction of sp³-hybridized carbons (Fsp3) is 1.00. The monoisotopic (exact) mass is 271 g/mol. The summed E-state index contributed by atoms with van der Waals surface area (Å²) in [6, 6.07) is 0.629. The standard InChI is InChI=1S/C15H29NOS/c1-13(7-11-18-2)16-12-14-6-10-15(17-14)8-4-3-5-9-15/h13-14,16H,3-12H2,1-2H3. The zero-order valence-electron chi connectivity index (χ0n) is 12.0. The average molecular weight is 271 g/mol. The maximum absolute atomic E-state index is 6.38. The van der Waals surface area contributed by atoms with Crippen LogP contribution in [0.4, 0.5) is 0 Å². The van der Waals surface area contributed by atoms with Crippen LogP contribution in [0.3, 0.4) is 0 Å². The third-order valence-corrected chi connectivity index (χ3v) is 5.20. The molecule has 2 unspecified atom stereocenters. The van der Waals surface area contributed by atoms with Crippen molar-refractivity contribution in [3.8, 4) is 0 Å². The highest BCUT2D eigenvalue weighted by molar-refractivity contribution is 7.98. The van der Waals surface area contributed by atoms with Gasteiger partial charge in [-0.05, 0) is 51.0 Å². The van der Waals surface area contributed by atoms with Crippen LogP contribution in [0.1, 0.15) is 58.3 Å². The van der Waals surface area contributed by atoms with E-state index in [1.807, 2.05) is 11.8 Å². The number of nitrogens with one attached hydrogen (secondary N) is 1. The van der Waals surface area contributed by atoms with E-state index >= 15 is 0 Å². The number of hydrogen-bond acceptors (Lipinski definition) is 3. The summed E-state index contributed by atoms with van der Waals surface area (Å²) in [7, 11) is 0. The molecule has 1 aliphatic carbocycles. The van der Waals surface area contributed by atoms with Gasteiger partial charge in [0.05, 0.1) is 11.7 Å². The van der Waals surface area contributed by atoms with E-state index in [0.717, 1.165) is 6.54 Å². The van der Waals surface area contributed by atoms with Crippen molar-refractivity contribution >= 4 is 11.8 Å². The van der Waals surface area contributed by atoms with Gasteiger partial charge in [-0.25, -0.2) is 0 Å². The third kappa shape index (κ3) is 4.14. The minimum absolute atomic E-state index is 0.285. The van der Waals surface area contributed by atoms with Gasteiger partial charge in [0.2, 0.25) is 0 Å². The molecule has 2 nitrogen and oxygen atoms in total. The van der Waals surface area contributed by atoms with Crippen molar-refractivity contribution < 1.29 is 4.74 Å². The Kier molecular flexibility index (Phi) is 5.84. The quantitative estimate of drug-likeness (QED) is 0.797. The second kappa shape index (κ2) is 7.16. The van der Waals surface area contributed by atoms with E-state index in [1.54, 1.807) is 0 Å². The highest BCUT2D eigenvalue weighted by Crippen LogP contribution is 2.41. The number of thioether (sulfide) groups is 1.